The molecular weight excluding hydrogens is 242 g/mol. The van der Waals surface area contributed by atoms with Crippen LogP contribution in [0.25, 0.3) is 0 Å². The molecule has 0 spiro atoms. The van der Waals surface area contributed by atoms with Crippen LogP contribution in [0.1, 0.15) is 29.2 Å². The molecule has 0 aromatic heterocycles. The van der Waals surface area contributed by atoms with E-state index in [2.05, 4.69) is 35.6 Å². The van der Waals surface area contributed by atoms with Gasteiger partial charge < -0.3 is 5.32 Å². The Morgan fingerprint density at radius 1 is 1.11 bits per heavy atom. The third-order valence-corrected chi connectivity index (χ3v) is 3.81. The fourth-order valence-corrected chi connectivity index (χ4v) is 2.87. The van der Waals surface area contributed by atoms with Crippen LogP contribution < -0.4 is 5.32 Å². The van der Waals surface area contributed by atoms with Crippen LogP contribution in [0.5, 0.6) is 0 Å². The predicted molar refractivity (Wildman–Crippen MR) is 75.8 cm³/mol. The Balaban J connectivity index is 1.69. The summed E-state index contributed by atoms with van der Waals surface area (Å²) in [5.41, 5.74) is 4.19. The second kappa shape index (κ2) is 5.13. The second-order valence-corrected chi connectivity index (χ2v) is 5.24. The monoisotopic (exact) mass is 257 g/mol. The summed E-state index contributed by atoms with van der Waals surface area (Å²) in [7, 11) is 0. The molecule has 1 atom stereocenters. The average Bonchev–Trinajstić information content (AvgIpc) is 2.80. The molecule has 1 aliphatic carbocycles. The molecule has 0 saturated heterocycles. The Bertz CT molecular complexity index is 550. The molecule has 0 fully saturated rings. The minimum atomic E-state index is 0.486. The lowest BCUT2D eigenvalue weighted by molar-refractivity contribution is 0.530. The van der Waals surface area contributed by atoms with Crippen LogP contribution >= 0.6 is 11.6 Å². The number of nitrogens with one attached hydrogen (secondary N) is 1. The standard InChI is InChI=1S/C16H16ClN/c17-14-6-3-4-12(10-14)11-18-16-9-8-13-5-1-2-7-15(13)16/h1-7,10,16,18H,8-9,11H2. The highest BCUT2D eigenvalue weighted by Gasteiger charge is 2.20. The molecular formula is C16H16ClN. The van der Waals surface area contributed by atoms with E-state index in [1.807, 2.05) is 18.2 Å². The van der Waals surface area contributed by atoms with E-state index in [-0.39, 0.29) is 0 Å². The van der Waals surface area contributed by atoms with Gasteiger partial charge in [0.2, 0.25) is 0 Å². The van der Waals surface area contributed by atoms with E-state index in [1.165, 1.54) is 29.5 Å². The third-order valence-electron chi connectivity index (χ3n) is 3.57. The zero-order chi connectivity index (χ0) is 12.4. The van der Waals surface area contributed by atoms with Crippen LogP contribution in [-0.2, 0) is 13.0 Å². The molecule has 1 unspecified atom stereocenters. The summed E-state index contributed by atoms with van der Waals surface area (Å²) < 4.78 is 0. The maximum Gasteiger partial charge on any atom is 0.0409 e. The topological polar surface area (TPSA) is 12.0 Å². The van der Waals surface area contributed by atoms with Crippen molar-refractivity contribution < 1.29 is 0 Å². The van der Waals surface area contributed by atoms with Gasteiger partial charge in [-0.25, -0.2) is 0 Å². The second-order valence-electron chi connectivity index (χ2n) is 4.80. The molecule has 0 heterocycles. The molecule has 0 bridgehead atoms. The molecule has 2 aromatic carbocycles. The number of hydrogen-bond donors (Lipinski definition) is 1. The molecule has 0 amide bonds. The van der Waals surface area contributed by atoms with Crippen LogP contribution in [0.4, 0.5) is 0 Å². The normalized spacial score (nSPS) is 17.7. The SMILES string of the molecule is Clc1cccc(CNC2CCc3ccccc32)c1. The van der Waals surface area contributed by atoms with Crippen molar-refractivity contribution >= 4 is 11.6 Å². The van der Waals surface area contributed by atoms with Crippen LogP contribution in [0.15, 0.2) is 48.5 Å². The van der Waals surface area contributed by atoms with E-state index in [9.17, 15) is 0 Å². The molecule has 3 rings (SSSR count). The Kier molecular flexibility index (Phi) is 3.35. The van der Waals surface area contributed by atoms with Crippen molar-refractivity contribution in [3.63, 3.8) is 0 Å². The summed E-state index contributed by atoms with van der Waals surface area (Å²) >= 11 is 5.99. The van der Waals surface area contributed by atoms with Crippen LogP contribution in [0, 0.1) is 0 Å². The highest BCUT2D eigenvalue weighted by atomic mass is 35.5. The summed E-state index contributed by atoms with van der Waals surface area (Å²) in [4.78, 5) is 0. The quantitative estimate of drug-likeness (QED) is 0.872. The smallest absolute Gasteiger partial charge is 0.0409 e. The van der Waals surface area contributed by atoms with E-state index in [1.54, 1.807) is 0 Å². The van der Waals surface area contributed by atoms with Gasteiger partial charge in [0.05, 0.1) is 0 Å². The summed E-state index contributed by atoms with van der Waals surface area (Å²) in [6, 6.07) is 17.2. The van der Waals surface area contributed by atoms with E-state index < -0.39 is 0 Å². The van der Waals surface area contributed by atoms with Crippen molar-refractivity contribution in [2.75, 3.05) is 0 Å². The lowest BCUT2D eigenvalue weighted by Crippen LogP contribution is -2.18. The molecule has 18 heavy (non-hydrogen) atoms. The first-order valence-electron chi connectivity index (χ1n) is 6.38. The number of aryl methyl sites for hydroxylation is 1. The van der Waals surface area contributed by atoms with Crippen molar-refractivity contribution in [1.29, 1.82) is 0 Å². The molecule has 0 saturated carbocycles. The summed E-state index contributed by atoms with van der Waals surface area (Å²) in [6.45, 7) is 0.875. The molecule has 0 aliphatic heterocycles. The Hall–Kier alpha value is -1.31. The Morgan fingerprint density at radius 3 is 2.89 bits per heavy atom. The molecule has 2 heteroatoms. The van der Waals surface area contributed by atoms with Crippen molar-refractivity contribution in [3.8, 4) is 0 Å². The Morgan fingerprint density at radius 2 is 2.00 bits per heavy atom. The van der Waals surface area contributed by atoms with Gasteiger partial charge in [-0.3, -0.25) is 0 Å². The van der Waals surface area contributed by atoms with Gasteiger partial charge in [-0.05, 0) is 41.7 Å². The summed E-state index contributed by atoms with van der Waals surface area (Å²) in [6.07, 6.45) is 2.38. The number of halogens is 1. The first-order valence-corrected chi connectivity index (χ1v) is 6.76. The van der Waals surface area contributed by atoms with E-state index in [0.29, 0.717) is 6.04 Å². The summed E-state index contributed by atoms with van der Waals surface area (Å²) in [5.74, 6) is 0. The largest absolute Gasteiger partial charge is 0.306 e. The molecule has 2 aromatic rings. The van der Waals surface area contributed by atoms with Crippen LogP contribution in [-0.4, -0.2) is 0 Å². The lowest BCUT2D eigenvalue weighted by Gasteiger charge is -2.14. The minimum Gasteiger partial charge on any atom is -0.306 e. The highest BCUT2D eigenvalue weighted by molar-refractivity contribution is 6.30. The number of benzene rings is 2. The first kappa shape index (κ1) is 11.8. The highest BCUT2D eigenvalue weighted by Crippen LogP contribution is 2.30. The van der Waals surface area contributed by atoms with Gasteiger partial charge in [0, 0.05) is 17.6 Å². The van der Waals surface area contributed by atoms with Crippen LogP contribution in [0.3, 0.4) is 0 Å². The van der Waals surface area contributed by atoms with Crippen molar-refractivity contribution in [3.05, 3.63) is 70.2 Å². The van der Waals surface area contributed by atoms with Gasteiger partial charge in [0.25, 0.3) is 0 Å². The minimum absolute atomic E-state index is 0.486. The van der Waals surface area contributed by atoms with E-state index in [4.69, 9.17) is 11.6 Å². The van der Waals surface area contributed by atoms with Crippen molar-refractivity contribution in [2.24, 2.45) is 0 Å². The van der Waals surface area contributed by atoms with E-state index in [0.717, 1.165) is 11.6 Å². The molecule has 1 N–H and O–H groups in total. The van der Waals surface area contributed by atoms with Gasteiger partial charge in [0.1, 0.15) is 0 Å². The zero-order valence-corrected chi connectivity index (χ0v) is 11.0. The fraction of sp³-hybridized carbons (Fsp3) is 0.250. The number of hydrogen-bond acceptors (Lipinski definition) is 1. The van der Waals surface area contributed by atoms with Gasteiger partial charge in [-0.1, -0.05) is 48.0 Å². The van der Waals surface area contributed by atoms with Gasteiger partial charge >= 0.3 is 0 Å². The third kappa shape index (κ3) is 2.43. The summed E-state index contributed by atoms with van der Waals surface area (Å²) in [5, 5.41) is 4.43. The van der Waals surface area contributed by atoms with Crippen molar-refractivity contribution in [1.82, 2.24) is 5.32 Å². The molecule has 1 aliphatic rings. The predicted octanol–water partition coefficient (Wildman–Crippen LogP) is 4.12. The molecule has 92 valence electrons. The fourth-order valence-electron chi connectivity index (χ4n) is 2.66. The maximum absolute atomic E-state index is 5.99. The van der Waals surface area contributed by atoms with Gasteiger partial charge in [-0.2, -0.15) is 0 Å². The molecule has 1 nitrogen and oxygen atoms in total. The maximum atomic E-state index is 5.99. The number of fused-ring (bicyclic) bond motifs is 1. The first-order chi connectivity index (χ1) is 8.83. The van der Waals surface area contributed by atoms with Gasteiger partial charge in [0.15, 0.2) is 0 Å². The van der Waals surface area contributed by atoms with E-state index >= 15 is 0 Å². The van der Waals surface area contributed by atoms with Gasteiger partial charge in [-0.15, -0.1) is 0 Å². The Labute approximate surface area is 113 Å². The molecule has 0 radical (unpaired) electrons. The zero-order valence-electron chi connectivity index (χ0n) is 10.2. The lowest BCUT2D eigenvalue weighted by atomic mass is 10.1. The number of rotatable bonds is 3. The average molecular weight is 258 g/mol. The van der Waals surface area contributed by atoms with Crippen LogP contribution in [0.2, 0.25) is 5.02 Å². The van der Waals surface area contributed by atoms with Crippen molar-refractivity contribution in [2.45, 2.75) is 25.4 Å².